The lowest BCUT2D eigenvalue weighted by Crippen LogP contribution is -2.10. The minimum atomic E-state index is 0.149. The topological polar surface area (TPSA) is 43.8 Å². The predicted molar refractivity (Wildman–Crippen MR) is 71.8 cm³/mol. The van der Waals surface area contributed by atoms with Crippen LogP contribution in [0.1, 0.15) is 26.3 Å². The highest BCUT2D eigenvalue weighted by atomic mass is 15.3. The maximum Gasteiger partial charge on any atom is 0.121 e. The summed E-state index contributed by atoms with van der Waals surface area (Å²) in [6.45, 7) is 6.62. The van der Waals surface area contributed by atoms with E-state index in [2.05, 4.69) is 50.1 Å². The molecule has 3 heteroatoms. The largest absolute Gasteiger partial charge is 0.384 e. The van der Waals surface area contributed by atoms with Crippen molar-refractivity contribution in [3.63, 3.8) is 0 Å². The average Bonchev–Trinajstić information content (AvgIpc) is 2.58. The number of aromatic nitrogens is 2. The molecule has 0 saturated carbocycles. The predicted octanol–water partition coefficient (Wildman–Crippen LogP) is 2.97. The first-order valence-electron chi connectivity index (χ1n) is 5.78. The van der Waals surface area contributed by atoms with E-state index in [9.17, 15) is 0 Å². The van der Waals surface area contributed by atoms with Crippen LogP contribution in [0.25, 0.3) is 11.3 Å². The molecule has 0 atom stereocenters. The van der Waals surface area contributed by atoms with E-state index in [0.717, 1.165) is 11.3 Å². The lowest BCUT2D eigenvalue weighted by molar-refractivity contribution is 0.590. The molecule has 3 nitrogen and oxygen atoms in total. The summed E-state index contributed by atoms with van der Waals surface area (Å²) in [5.41, 5.74) is 9.30. The van der Waals surface area contributed by atoms with Gasteiger partial charge in [-0.25, -0.2) is 0 Å². The molecule has 0 radical (unpaired) electrons. The van der Waals surface area contributed by atoms with Gasteiger partial charge in [0.05, 0.1) is 5.69 Å². The van der Waals surface area contributed by atoms with Crippen LogP contribution in [0, 0.1) is 0 Å². The summed E-state index contributed by atoms with van der Waals surface area (Å²) >= 11 is 0. The molecule has 0 bridgehead atoms. The van der Waals surface area contributed by atoms with E-state index in [-0.39, 0.29) is 5.41 Å². The number of hydrogen-bond acceptors (Lipinski definition) is 2. The first-order chi connectivity index (χ1) is 7.88. The molecule has 0 unspecified atom stereocenters. The Kier molecular flexibility index (Phi) is 2.69. The van der Waals surface area contributed by atoms with Crippen LogP contribution < -0.4 is 5.73 Å². The Bertz CT molecular complexity index is 513. The molecule has 0 amide bonds. The van der Waals surface area contributed by atoms with E-state index in [1.165, 1.54) is 5.56 Å². The monoisotopic (exact) mass is 229 g/mol. The van der Waals surface area contributed by atoms with E-state index in [0.29, 0.717) is 5.82 Å². The van der Waals surface area contributed by atoms with Gasteiger partial charge >= 0.3 is 0 Å². The summed E-state index contributed by atoms with van der Waals surface area (Å²) in [5.74, 6) is 0.682. The molecular weight excluding hydrogens is 210 g/mol. The van der Waals surface area contributed by atoms with Gasteiger partial charge in [0.15, 0.2) is 0 Å². The molecule has 1 aromatic carbocycles. The van der Waals surface area contributed by atoms with Gasteiger partial charge in [-0.15, -0.1) is 0 Å². The van der Waals surface area contributed by atoms with Crippen molar-refractivity contribution in [2.75, 3.05) is 5.73 Å². The van der Waals surface area contributed by atoms with Gasteiger partial charge in [-0.3, -0.25) is 4.68 Å². The summed E-state index contributed by atoms with van der Waals surface area (Å²) in [7, 11) is 1.85. The molecule has 2 rings (SSSR count). The third kappa shape index (κ3) is 2.33. The number of nitrogen functional groups attached to an aromatic ring is 1. The summed E-state index contributed by atoms with van der Waals surface area (Å²) in [6.07, 6.45) is 0. The molecule has 2 N–H and O–H groups in total. The molecule has 17 heavy (non-hydrogen) atoms. The molecule has 0 saturated heterocycles. The highest BCUT2D eigenvalue weighted by Crippen LogP contribution is 2.27. The van der Waals surface area contributed by atoms with Gasteiger partial charge in [0.2, 0.25) is 0 Å². The number of anilines is 1. The second-order valence-electron chi connectivity index (χ2n) is 5.41. The number of hydrogen-bond donors (Lipinski definition) is 1. The van der Waals surface area contributed by atoms with Gasteiger partial charge < -0.3 is 5.73 Å². The van der Waals surface area contributed by atoms with Crippen molar-refractivity contribution in [3.05, 3.63) is 35.9 Å². The third-order valence-electron chi connectivity index (χ3n) is 2.94. The zero-order valence-electron chi connectivity index (χ0n) is 10.9. The van der Waals surface area contributed by atoms with E-state index in [1.54, 1.807) is 4.68 Å². The van der Waals surface area contributed by atoms with E-state index in [1.807, 2.05) is 13.1 Å². The Balaban J connectivity index is 2.47. The van der Waals surface area contributed by atoms with Crippen LogP contribution >= 0.6 is 0 Å². The molecule has 1 heterocycles. The molecule has 1 aromatic heterocycles. The van der Waals surface area contributed by atoms with Crippen LogP contribution in [0.4, 0.5) is 5.82 Å². The van der Waals surface area contributed by atoms with Crippen molar-refractivity contribution >= 4 is 5.82 Å². The molecule has 0 aliphatic rings. The van der Waals surface area contributed by atoms with Crippen LogP contribution in [-0.4, -0.2) is 9.78 Å². The van der Waals surface area contributed by atoms with Crippen LogP contribution in [0.5, 0.6) is 0 Å². The number of nitrogens with zero attached hydrogens (tertiary/aromatic N) is 2. The van der Waals surface area contributed by atoms with Crippen molar-refractivity contribution in [1.82, 2.24) is 9.78 Å². The Labute approximate surface area is 102 Å². The second-order valence-corrected chi connectivity index (χ2v) is 5.41. The fourth-order valence-corrected chi connectivity index (χ4v) is 1.77. The maximum absolute atomic E-state index is 5.80. The number of nitrogens with two attached hydrogens (primary N) is 1. The van der Waals surface area contributed by atoms with E-state index < -0.39 is 0 Å². The highest BCUT2D eigenvalue weighted by Gasteiger charge is 2.14. The summed E-state index contributed by atoms with van der Waals surface area (Å²) < 4.78 is 1.69. The van der Waals surface area contributed by atoms with Gasteiger partial charge in [0.25, 0.3) is 0 Å². The van der Waals surface area contributed by atoms with Crippen LogP contribution in [-0.2, 0) is 12.5 Å². The van der Waals surface area contributed by atoms with E-state index in [4.69, 9.17) is 5.73 Å². The smallest absolute Gasteiger partial charge is 0.121 e. The Hall–Kier alpha value is -1.77. The standard InChI is InChI=1S/C14H19N3/c1-14(2,3)11-7-5-6-10(8-11)12-9-13(15)17(4)16-12/h5-9H,15H2,1-4H3. The number of rotatable bonds is 1. The molecule has 2 aromatic rings. The Morgan fingerprint density at radius 2 is 1.88 bits per heavy atom. The molecule has 0 spiro atoms. The Morgan fingerprint density at radius 3 is 2.41 bits per heavy atom. The van der Waals surface area contributed by atoms with Gasteiger partial charge in [0, 0.05) is 18.7 Å². The highest BCUT2D eigenvalue weighted by molar-refractivity contribution is 5.63. The van der Waals surface area contributed by atoms with Crippen molar-refractivity contribution < 1.29 is 0 Å². The molecular formula is C14H19N3. The van der Waals surface area contributed by atoms with Crippen LogP contribution in [0.3, 0.4) is 0 Å². The van der Waals surface area contributed by atoms with Crippen molar-refractivity contribution in [2.24, 2.45) is 7.05 Å². The quantitative estimate of drug-likeness (QED) is 0.817. The minimum Gasteiger partial charge on any atom is -0.384 e. The zero-order chi connectivity index (χ0) is 12.6. The van der Waals surface area contributed by atoms with Gasteiger partial charge in [-0.05, 0) is 17.0 Å². The molecule has 0 aliphatic heterocycles. The summed E-state index contributed by atoms with van der Waals surface area (Å²) in [5, 5.41) is 4.40. The van der Waals surface area contributed by atoms with Gasteiger partial charge in [0.1, 0.15) is 5.82 Å². The van der Waals surface area contributed by atoms with Crippen LogP contribution in [0.15, 0.2) is 30.3 Å². The summed E-state index contributed by atoms with van der Waals surface area (Å²) in [6, 6.07) is 10.4. The molecule has 0 aliphatic carbocycles. The van der Waals surface area contributed by atoms with Crippen LogP contribution in [0.2, 0.25) is 0 Å². The Morgan fingerprint density at radius 1 is 1.18 bits per heavy atom. The van der Waals surface area contributed by atoms with Gasteiger partial charge in [-0.1, -0.05) is 39.0 Å². The lowest BCUT2D eigenvalue weighted by atomic mass is 9.86. The number of aryl methyl sites for hydroxylation is 1. The van der Waals surface area contributed by atoms with Crippen molar-refractivity contribution in [3.8, 4) is 11.3 Å². The summed E-state index contributed by atoms with van der Waals surface area (Å²) in [4.78, 5) is 0. The lowest BCUT2D eigenvalue weighted by Gasteiger charge is -2.19. The second kappa shape index (κ2) is 3.91. The fraction of sp³-hybridized carbons (Fsp3) is 0.357. The zero-order valence-corrected chi connectivity index (χ0v) is 10.9. The van der Waals surface area contributed by atoms with Crippen molar-refractivity contribution in [1.29, 1.82) is 0 Å². The number of benzene rings is 1. The normalized spacial score (nSPS) is 11.8. The van der Waals surface area contributed by atoms with E-state index >= 15 is 0 Å². The maximum atomic E-state index is 5.80. The van der Waals surface area contributed by atoms with Crippen molar-refractivity contribution in [2.45, 2.75) is 26.2 Å². The SMILES string of the molecule is Cn1nc(-c2cccc(C(C)(C)C)c2)cc1N. The molecule has 0 fully saturated rings. The average molecular weight is 229 g/mol. The van der Waals surface area contributed by atoms with Gasteiger partial charge in [-0.2, -0.15) is 5.10 Å². The minimum absolute atomic E-state index is 0.149. The fourth-order valence-electron chi connectivity index (χ4n) is 1.77. The first-order valence-corrected chi connectivity index (χ1v) is 5.78. The third-order valence-corrected chi connectivity index (χ3v) is 2.94. The molecule has 90 valence electrons. The first kappa shape index (κ1) is 11.7.